The Morgan fingerprint density at radius 3 is 2.79 bits per heavy atom. The first-order valence-electron chi connectivity index (χ1n) is 6.89. The predicted octanol–water partition coefficient (Wildman–Crippen LogP) is 2.20. The third-order valence-electron chi connectivity index (χ3n) is 3.10. The fraction of sp³-hybridized carbons (Fsp3) is 0.200. The third kappa shape index (κ3) is 4.35. The first-order valence-corrected chi connectivity index (χ1v) is 8.06. The molecule has 0 saturated carbocycles. The number of aromatic nitrogens is 1. The molecule has 7 nitrogen and oxygen atoms in total. The highest BCUT2D eigenvalue weighted by Gasteiger charge is 2.16. The third-order valence-corrected chi connectivity index (χ3v) is 3.91. The molecule has 0 atom stereocenters. The van der Waals surface area contributed by atoms with Crippen LogP contribution < -0.4 is 16.4 Å². The maximum Gasteiger partial charge on any atom is 0.278 e. The molecule has 0 unspecified atom stereocenters. The predicted molar refractivity (Wildman–Crippen MR) is 94.6 cm³/mol. The van der Waals surface area contributed by atoms with Gasteiger partial charge in [0, 0.05) is 17.6 Å². The number of halogens is 2. The van der Waals surface area contributed by atoms with Crippen LogP contribution >= 0.6 is 27.5 Å². The Morgan fingerprint density at radius 1 is 1.38 bits per heavy atom. The zero-order chi connectivity index (χ0) is 17.7. The smallest absolute Gasteiger partial charge is 0.278 e. The number of nitrogens with one attached hydrogen (secondary N) is 2. The molecule has 0 aliphatic heterocycles. The maximum absolute atomic E-state index is 12.2. The van der Waals surface area contributed by atoms with E-state index in [0.717, 1.165) is 4.47 Å². The first-order chi connectivity index (χ1) is 11.4. The van der Waals surface area contributed by atoms with Gasteiger partial charge in [0.2, 0.25) is 0 Å². The Hall–Kier alpha value is -1.87. The molecule has 0 bridgehead atoms. The summed E-state index contributed by atoms with van der Waals surface area (Å²) >= 11 is 9.49. The molecule has 0 spiro atoms. The Kier molecular flexibility index (Phi) is 6.38. The number of anilines is 2. The second kappa shape index (κ2) is 8.29. The van der Waals surface area contributed by atoms with Crippen LogP contribution in [0.1, 0.15) is 10.4 Å². The Labute approximate surface area is 151 Å². The Morgan fingerprint density at radius 2 is 2.12 bits per heavy atom. The van der Waals surface area contributed by atoms with Gasteiger partial charge in [-0.15, -0.1) is 0 Å². The number of benzene rings is 1. The summed E-state index contributed by atoms with van der Waals surface area (Å²) in [5.41, 5.74) is 2.63. The fourth-order valence-corrected chi connectivity index (χ4v) is 2.63. The van der Waals surface area contributed by atoms with Gasteiger partial charge in [-0.3, -0.25) is 19.0 Å². The normalized spacial score (nSPS) is 10.5. The van der Waals surface area contributed by atoms with Crippen molar-refractivity contribution in [3.63, 3.8) is 0 Å². The summed E-state index contributed by atoms with van der Waals surface area (Å²) in [6.07, 6.45) is 0. The lowest BCUT2D eigenvalue weighted by atomic mass is 10.2. The van der Waals surface area contributed by atoms with Gasteiger partial charge in [0.05, 0.1) is 29.5 Å². The van der Waals surface area contributed by atoms with Gasteiger partial charge in [-0.1, -0.05) is 27.5 Å². The van der Waals surface area contributed by atoms with Crippen molar-refractivity contribution in [1.82, 2.24) is 10.0 Å². The molecule has 1 amide bonds. The van der Waals surface area contributed by atoms with E-state index < -0.39 is 5.91 Å². The lowest BCUT2D eigenvalue weighted by Crippen LogP contribution is -2.29. The van der Waals surface area contributed by atoms with Gasteiger partial charge in [-0.25, -0.2) is 5.48 Å². The van der Waals surface area contributed by atoms with E-state index in [1.807, 2.05) is 0 Å². The van der Waals surface area contributed by atoms with Crippen molar-refractivity contribution in [3.05, 3.63) is 55.7 Å². The zero-order valence-corrected chi connectivity index (χ0v) is 15.0. The molecule has 0 fully saturated rings. The van der Waals surface area contributed by atoms with E-state index >= 15 is 0 Å². The molecule has 0 radical (unpaired) electrons. The zero-order valence-electron chi connectivity index (χ0n) is 12.7. The number of hydroxylamine groups is 1. The molecule has 9 heteroatoms. The molecule has 2 rings (SSSR count). The number of aliphatic hydroxyl groups is 1. The van der Waals surface area contributed by atoms with E-state index in [1.165, 1.54) is 23.7 Å². The summed E-state index contributed by atoms with van der Waals surface area (Å²) in [4.78, 5) is 28.9. The van der Waals surface area contributed by atoms with Crippen molar-refractivity contribution in [2.75, 3.05) is 18.5 Å². The molecule has 128 valence electrons. The summed E-state index contributed by atoms with van der Waals surface area (Å²) in [7, 11) is 1.53. The van der Waals surface area contributed by atoms with Crippen LogP contribution in [0.25, 0.3) is 0 Å². The van der Waals surface area contributed by atoms with Crippen molar-refractivity contribution in [2.45, 2.75) is 0 Å². The van der Waals surface area contributed by atoms with Gasteiger partial charge in [0.25, 0.3) is 11.5 Å². The van der Waals surface area contributed by atoms with Crippen LogP contribution in [0.3, 0.4) is 0 Å². The van der Waals surface area contributed by atoms with Gasteiger partial charge >= 0.3 is 0 Å². The number of carbonyl (C=O) groups excluding carboxylic acids is 1. The number of hydrogen-bond donors (Lipinski definition) is 3. The van der Waals surface area contributed by atoms with E-state index in [-0.39, 0.29) is 30.2 Å². The summed E-state index contributed by atoms with van der Waals surface area (Å²) in [5.74, 6) is -0.299. The van der Waals surface area contributed by atoms with Crippen molar-refractivity contribution < 1.29 is 14.7 Å². The lowest BCUT2D eigenvalue weighted by Gasteiger charge is -2.16. The number of amides is 1. The van der Waals surface area contributed by atoms with E-state index in [9.17, 15) is 9.59 Å². The van der Waals surface area contributed by atoms with Gasteiger partial charge < -0.3 is 10.4 Å². The largest absolute Gasteiger partial charge is 0.394 e. The molecule has 1 heterocycles. The van der Waals surface area contributed by atoms with E-state index in [1.54, 1.807) is 18.2 Å². The van der Waals surface area contributed by atoms with Crippen LogP contribution in [-0.4, -0.2) is 28.8 Å². The second-order valence-corrected chi connectivity index (χ2v) is 6.07. The van der Waals surface area contributed by atoms with Crippen molar-refractivity contribution >= 4 is 44.9 Å². The van der Waals surface area contributed by atoms with Gasteiger partial charge in [-0.2, -0.15) is 0 Å². The van der Waals surface area contributed by atoms with Crippen molar-refractivity contribution in [1.29, 1.82) is 0 Å². The Balaban J connectivity index is 2.38. The average Bonchev–Trinajstić information content (AvgIpc) is 2.54. The summed E-state index contributed by atoms with van der Waals surface area (Å²) in [6.45, 7) is -0.272. The SMILES string of the molecule is Cn1c(Nc2ccc(Br)cc2Cl)c(C(=O)NOCCO)ccc1=O. The molecule has 1 aromatic heterocycles. The van der Waals surface area contributed by atoms with E-state index in [4.69, 9.17) is 21.5 Å². The summed E-state index contributed by atoms with van der Waals surface area (Å²) in [5, 5.41) is 12.1. The fourth-order valence-electron chi connectivity index (χ4n) is 1.91. The van der Waals surface area contributed by atoms with Gasteiger partial charge in [0.15, 0.2) is 0 Å². The molecule has 0 aliphatic carbocycles. The maximum atomic E-state index is 12.2. The van der Waals surface area contributed by atoms with Crippen molar-refractivity contribution in [3.8, 4) is 0 Å². The number of pyridine rings is 1. The van der Waals surface area contributed by atoms with Gasteiger partial charge in [-0.05, 0) is 24.3 Å². The lowest BCUT2D eigenvalue weighted by molar-refractivity contribution is 0.0168. The molecule has 2 aromatic rings. The Bertz CT molecular complexity index is 810. The van der Waals surface area contributed by atoms with Crippen LogP contribution in [0.4, 0.5) is 11.5 Å². The molecule has 3 N–H and O–H groups in total. The van der Waals surface area contributed by atoms with Crippen LogP contribution in [0.2, 0.25) is 5.02 Å². The number of rotatable bonds is 6. The molecular formula is C15H15BrClN3O4. The molecule has 24 heavy (non-hydrogen) atoms. The van der Waals surface area contributed by atoms with Crippen molar-refractivity contribution in [2.24, 2.45) is 7.05 Å². The van der Waals surface area contributed by atoms with Crippen LogP contribution in [0.5, 0.6) is 0 Å². The standard InChI is InChI=1S/C15H15BrClN3O4/c1-20-13(22)5-3-10(15(23)19-24-7-6-21)14(20)18-12-4-2-9(16)8-11(12)17/h2-5,8,18,21H,6-7H2,1H3,(H,19,23). The quantitative estimate of drug-likeness (QED) is 0.496. The number of nitrogens with zero attached hydrogens (tertiary/aromatic N) is 1. The van der Waals surface area contributed by atoms with Crippen LogP contribution in [-0.2, 0) is 11.9 Å². The number of carbonyl (C=O) groups is 1. The van der Waals surface area contributed by atoms with Gasteiger partial charge in [0.1, 0.15) is 5.82 Å². The van der Waals surface area contributed by atoms with Crippen LogP contribution in [0.15, 0.2) is 39.6 Å². The summed E-state index contributed by atoms with van der Waals surface area (Å²) < 4.78 is 2.09. The summed E-state index contributed by atoms with van der Waals surface area (Å²) in [6, 6.07) is 7.84. The monoisotopic (exact) mass is 415 g/mol. The molecule has 1 aromatic carbocycles. The highest BCUT2D eigenvalue weighted by Crippen LogP contribution is 2.29. The van der Waals surface area contributed by atoms with Crippen LogP contribution in [0, 0.1) is 0 Å². The first kappa shape index (κ1) is 18.5. The molecular weight excluding hydrogens is 402 g/mol. The average molecular weight is 417 g/mol. The van der Waals surface area contributed by atoms with E-state index in [0.29, 0.717) is 10.7 Å². The molecule has 0 saturated heterocycles. The second-order valence-electron chi connectivity index (χ2n) is 4.75. The minimum absolute atomic E-state index is 0.0429. The minimum atomic E-state index is -0.560. The van der Waals surface area contributed by atoms with E-state index in [2.05, 4.69) is 26.7 Å². The number of aliphatic hydroxyl groups excluding tert-OH is 1. The minimum Gasteiger partial charge on any atom is -0.394 e. The highest BCUT2D eigenvalue weighted by atomic mass is 79.9. The topological polar surface area (TPSA) is 92.6 Å². The molecule has 0 aliphatic rings. The number of hydrogen-bond acceptors (Lipinski definition) is 5. The highest BCUT2D eigenvalue weighted by molar-refractivity contribution is 9.10.